The Morgan fingerprint density at radius 2 is 2.05 bits per heavy atom. The zero-order chi connectivity index (χ0) is 13.2. The van der Waals surface area contributed by atoms with Gasteiger partial charge in [0.05, 0.1) is 0 Å². The van der Waals surface area contributed by atoms with Crippen LogP contribution in [0.15, 0.2) is 53.4 Å². The van der Waals surface area contributed by atoms with Crippen LogP contribution in [0.3, 0.4) is 0 Å². The van der Waals surface area contributed by atoms with E-state index in [2.05, 4.69) is 24.3 Å². The Labute approximate surface area is 117 Å². The van der Waals surface area contributed by atoms with Crippen LogP contribution in [0.2, 0.25) is 0 Å². The first-order valence-electron chi connectivity index (χ1n) is 6.47. The predicted molar refractivity (Wildman–Crippen MR) is 77.9 cm³/mol. The molecule has 0 spiro atoms. The van der Waals surface area contributed by atoms with Crippen molar-refractivity contribution in [3.63, 3.8) is 0 Å². The maximum atomic E-state index is 13.2. The lowest BCUT2D eigenvalue weighted by atomic mass is 9.99. The highest BCUT2D eigenvalue weighted by Crippen LogP contribution is 2.38. The minimum Gasteiger partial charge on any atom is -0.326 e. The second-order valence-electron chi connectivity index (χ2n) is 4.97. The molecule has 0 radical (unpaired) electrons. The molecule has 0 bridgehead atoms. The molecular weight excluding hydrogens is 257 g/mol. The Bertz CT molecular complexity index is 559. The summed E-state index contributed by atoms with van der Waals surface area (Å²) in [5.41, 5.74) is 8.65. The van der Waals surface area contributed by atoms with Crippen LogP contribution in [0.1, 0.15) is 11.1 Å². The third kappa shape index (κ3) is 2.82. The summed E-state index contributed by atoms with van der Waals surface area (Å²) >= 11 is 1.85. The van der Waals surface area contributed by atoms with Crippen molar-refractivity contribution in [1.82, 2.24) is 0 Å². The number of halogens is 1. The second-order valence-corrected chi connectivity index (χ2v) is 6.25. The van der Waals surface area contributed by atoms with Gasteiger partial charge in [0.1, 0.15) is 5.82 Å². The highest BCUT2D eigenvalue weighted by Gasteiger charge is 2.27. The molecule has 0 saturated carbocycles. The lowest BCUT2D eigenvalue weighted by Gasteiger charge is -2.18. The van der Waals surface area contributed by atoms with E-state index in [9.17, 15) is 4.39 Å². The molecule has 1 nitrogen and oxygen atoms in total. The van der Waals surface area contributed by atoms with Crippen molar-refractivity contribution in [2.24, 2.45) is 5.73 Å². The maximum Gasteiger partial charge on any atom is 0.123 e. The summed E-state index contributed by atoms with van der Waals surface area (Å²) in [7, 11) is 0. The molecule has 0 aromatic heterocycles. The number of rotatable bonds is 3. The Morgan fingerprint density at radius 3 is 2.84 bits per heavy atom. The van der Waals surface area contributed by atoms with Crippen molar-refractivity contribution in [1.29, 1.82) is 0 Å². The standard InChI is InChI=1S/C16H16FNS/c17-13-6-3-4-11(8-13)9-14(18)16-10-12-5-1-2-7-15(12)19-16/h1-8,14,16H,9-10,18H2. The van der Waals surface area contributed by atoms with E-state index in [1.165, 1.54) is 16.5 Å². The lowest BCUT2D eigenvalue weighted by molar-refractivity contribution is 0.610. The Kier molecular flexibility index (Phi) is 3.58. The van der Waals surface area contributed by atoms with Crippen molar-refractivity contribution < 1.29 is 4.39 Å². The van der Waals surface area contributed by atoms with E-state index >= 15 is 0 Å². The van der Waals surface area contributed by atoms with Crippen LogP contribution in [-0.4, -0.2) is 11.3 Å². The van der Waals surface area contributed by atoms with Gasteiger partial charge in [-0.2, -0.15) is 0 Å². The number of thioether (sulfide) groups is 1. The molecule has 2 N–H and O–H groups in total. The monoisotopic (exact) mass is 273 g/mol. The topological polar surface area (TPSA) is 26.0 Å². The molecule has 2 unspecified atom stereocenters. The zero-order valence-electron chi connectivity index (χ0n) is 10.6. The van der Waals surface area contributed by atoms with Crippen molar-refractivity contribution in [3.05, 3.63) is 65.5 Å². The van der Waals surface area contributed by atoms with Crippen LogP contribution in [0.5, 0.6) is 0 Å². The normalized spacial score (nSPS) is 19.2. The van der Waals surface area contributed by atoms with Gasteiger partial charge in [-0.05, 0) is 42.2 Å². The van der Waals surface area contributed by atoms with E-state index < -0.39 is 0 Å². The van der Waals surface area contributed by atoms with Crippen LogP contribution in [-0.2, 0) is 12.8 Å². The summed E-state index contributed by atoms with van der Waals surface area (Å²) in [6.07, 6.45) is 1.74. The van der Waals surface area contributed by atoms with E-state index in [1.54, 1.807) is 12.1 Å². The van der Waals surface area contributed by atoms with Crippen LogP contribution < -0.4 is 5.73 Å². The van der Waals surface area contributed by atoms with Crippen LogP contribution in [0, 0.1) is 5.82 Å². The minimum atomic E-state index is -0.188. The molecular formula is C16H16FNS. The van der Waals surface area contributed by atoms with Gasteiger partial charge in [0, 0.05) is 16.2 Å². The van der Waals surface area contributed by atoms with Crippen molar-refractivity contribution in [3.8, 4) is 0 Å². The number of fused-ring (bicyclic) bond motifs is 1. The summed E-state index contributed by atoms with van der Waals surface area (Å²) in [6.45, 7) is 0. The fourth-order valence-corrected chi connectivity index (χ4v) is 3.84. The van der Waals surface area contributed by atoms with E-state index in [0.29, 0.717) is 5.25 Å². The van der Waals surface area contributed by atoms with Crippen LogP contribution in [0.25, 0.3) is 0 Å². The Morgan fingerprint density at radius 1 is 1.21 bits per heavy atom. The Balaban J connectivity index is 1.68. The number of hydrogen-bond donors (Lipinski definition) is 1. The second kappa shape index (κ2) is 5.35. The molecule has 0 amide bonds. The molecule has 3 heteroatoms. The number of benzene rings is 2. The average Bonchev–Trinajstić information content (AvgIpc) is 2.82. The summed E-state index contributed by atoms with van der Waals surface area (Å²) in [5, 5.41) is 0.390. The highest BCUT2D eigenvalue weighted by molar-refractivity contribution is 8.00. The molecule has 2 aromatic carbocycles. The fourth-order valence-electron chi connectivity index (χ4n) is 2.52. The maximum absolute atomic E-state index is 13.2. The summed E-state index contributed by atoms with van der Waals surface area (Å²) in [4.78, 5) is 1.34. The third-order valence-corrected chi connectivity index (χ3v) is 4.98. The first kappa shape index (κ1) is 12.7. The summed E-state index contributed by atoms with van der Waals surface area (Å²) in [5.74, 6) is -0.188. The highest BCUT2D eigenvalue weighted by atomic mass is 32.2. The van der Waals surface area contributed by atoms with E-state index in [1.807, 2.05) is 17.8 Å². The number of nitrogens with two attached hydrogens (primary N) is 1. The predicted octanol–water partition coefficient (Wildman–Crippen LogP) is 3.41. The molecule has 3 rings (SSSR count). The lowest BCUT2D eigenvalue weighted by Crippen LogP contribution is -2.34. The van der Waals surface area contributed by atoms with E-state index in [0.717, 1.165) is 18.4 Å². The molecule has 0 saturated heterocycles. The van der Waals surface area contributed by atoms with Gasteiger partial charge < -0.3 is 5.73 Å². The molecule has 98 valence electrons. The van der Waals surface area contributed by atoms with Gasteiger partial charge in [-0.1, -0.05) is 30.3 Å². The van der Waals surface area contributed by atoms with Crippen molar-refractivity contribution in [2.75, 3.05) is 0 Å². The number of hydrogen-bond acceptors (Lipinski definition) is 2. The molecule has 0 aliphatic carbocycles. The van der Waals surface area contributed by atoms with E-state index in [-0.39, 0.29) is 11.9 Å². The van der Waals surface area contributed by atoms with Gasteiger partial charge in [0.25, 0.3) is 0 Å². The minimum absolute atomic E-state index is 0.0548. The summed E-state index contributed by atoms with van der Waals surface area (Å²) in [6, 6.07) is 15.2. The van der Waals surface area contributed by atoms with Gasteiger partial charge in [-0.3, -0.25) is 0 Å². The largest absolute Gasteiger partial charge is 0.326 e. The van der Waals surface area contributed by atoms with Gasteiger partial charge in [0.15, 0.2) is 0 Å². The molecule has 1 aliphatic rings. The van der Waals surface area contributed by atoms with Crippen LogP contribution >= 0.6 is 11.8 Å². The van der Waals surface area contributed by atoms with Gasteiger partial charge in [-0.15, -0.1) is 11.8 Å². The van der Waals surface area contributed by atoms with Gasteiger partial charge in [-0.25, -0.2) is 4.39 Å². The molecule has 2 aromatic rings. The van der Waals surface area contributed by atoms with Crippen molar-refractivity contribution in [2.45, 2.75) is 29.0 Å². The van der Waals surface area contributed by atoms with Gasteiger partial charge >= 0.3 is 0 Å². The molecule has 19 heavy (non-hydrogen) atoms. The smallest absolute Gasteiger partial charge is 0.123 e. The average molecular weight is 273 g/mol. The quantitative estimate of drug-likeness (QED) is 0.927. The van der Waals surface area contributed by atoms with E-state index in [4.69, 9.17) is 5.73 Å². The molecule has 1 aliphatic heterocycles. The van der Waals surface area contributed by atoms with Crippen LogP contribution in [0.4, 0.5) is 4.39 Å². The first-order chi connectivity index (χ1) is 9.22. The zero-order valence-corrected chi connectivity index (χ0v) is 11.4. The Hall–Kier alpha value is -1.32. The third-order valence-electron chi connectivity index (χ3n) is 3.51. The van der Waals surface area contributed by atoms with Crippen molar-refractivity contribution >= 4 is 11.8 Å². The fraction of sp³-hybridized carbons (Fsp3) is 0.250. The SMILES string of the molecule is NC(Cc1cccc(F)c1)C1Cc2ccccc2S1. The molecule has 0 fully saturated rings. The van der Waals surface area contributed by atoms with Gasteiger partial charge in [0.2, 0.25) is 0 Å². The first-order valence-corrected chi connectivity index (χ1v) is 7.35. The molecule has 1 heterocycles. The summed E-state index contributed by atoms with van der Waals surface area (Å²) < 4.78 is 13.2. The molecule has 2 atom stereocenters.